The van der Waals surface area contributed by atoms with Gasteiger partial charge in [-0.3, -0.25) is 4.90 Å². The molecule has 0 amide bonds. The highest BCUT2D eigenvalue weighted by Gasteiger charge is 2.34. The van der Waals surface area contributed by atoms with Crippen LogP contribution in [0.15, 0.2) is 30.3 Å². The second-order valence-corrected chi connectivity index (χ2v) is 5.29. The second kappa shape index (κ2) is 5.65. The summed E-state index contributed by atoms with van der Waals surface area (Å²) in [5.41, 5.74) is 7.73. The minimum absolute atomic E-state index is 0.244. The number of aryl methyl sites for hydroxylation is 1. The van der Waals surface area contributed by atoms with Crippen molar-refractivity contribution in [3.8, 4) is 0 Å². The quantitative estimate of drug-likeness (QED) is 0.864. The smallest absolute Gasteiger partial charge is 0.0331 e. The van der Waals surface area contributed by atoms with Crippen molar-refractivity contribution >= 4 is 0 Å². The first-order chi connectivity index (χ1) is 8.27. The molecule has 1 aliphatic rings. The van der Waals surface area contributed by atoms with Crippen LogP contribution in [-0.4, -0.2) is 30.6 Å². The molecule has 0 bridgehead atoms. The molecule has 2 heteroatoms. The van der Waals surface area contributed by atoms with Crippen molar-refractivity contribution in [2.24, 2.45) is 5.73 Å². The van der Waals surface area contributed by atoms with Crippen molar-refractivity contribution in [3.63, 3.8) is 0 Å². The predicted molar refractivity (Wildman–Crippen MR) is 73.0 cm³/mol. The van der Waals surface area contributed by atoms with E-state index in [-0.39, 0.29) is 5.54 Å². The van der Waals surface area contributed by atoms with Gasteiger partial charge in [-0.2, -0.15) is 0 Å². The Bertz CT molecular complexity index is 336. The van der Waals surface area contributed by atoms with Gasteiger partial charge in [0.05, 0.1) is 0 Å². The topological polar surface area (TPSA) is 29.3 Å². The van der Waals surface area contributed by atoms with Crippen molar-refractivity contribution in [1.29, 1.82) is 0 Å². The molecule has 1 aromatic carbocycles. The Labute approximate surface area is 105 Å². The summed E-state index contributed by atoms with van der Waals surface area (Å²) in [6.45, 7) is 1.99. The van der Waals surface area contributed by atoms with E-state index in [0.29, 0.717) is 0 Å². The van der Waals surface area contributed by atoms with Gasteiger partial charge in [0.25, 0.3) is 0 Å². The summed E-state index contributed by atoms with van der Waals surface area (Å²) in [5, 5.41) is 0. The van der Waals surface area contributed by atoms with E-state index in [1.807, 2.05) is 0 Å². The van der Waals surface area contributed by atoms with Crippen molar-refractivity contribution in [2.45, 2.75) is 37.6 Å². The number of likely N-dealkylation sites (tertiary alicyclic amines) is 1. The molecular formula is C15H24N2. The molecule has 17 heavy (non-hydrogen) atoms. The number of rotatable bonds is 4. The van der Waals surface area contributed by atoms with Gasteiger partial charge in [0.2, 0.25) is 0 Å². The number of hydrogen-bond donors (Lipinski definition) is 1. The van der Waals surface area contributed by atoms with Crippen LogP contribution >= 0.6 is 0 Å². The molecule has 2 nitrogen and oxygen atoms in total. The van der Waals surface area contributed by atoms with E-state index < -0.39 is 0 Å². The van der Waals surface area contributed by atoms with Crippen LogP contribution < -0.4 is 5.73 Å². The third-order valence-electron chi connectivity index (χ3n) is 4.30. The second-order valence-electron chi connectivity index (χ2n) is 5.29. The standard InChI is InChI=1S/C15H24N2/c1-17-12-6-5-10-15(17,13-16)11-9-14-7-3-2-4-8-14/h2-4,7-8H,5-6,9-13,16H2,1H3. The maximum atomic E-state index is 6.05. The molecule has 0 aliphatic carbocycles. The van der Waals surface area contributed by atoms with Crippen LogP contribution in [-0.2, 0) is 6.42 Å². The molecule has 1 heterocycles. The fourth-order valence-corrected chi connectivity index (χ4v) is 2.93. The molecule has 0 aromatic heterocycles. The number of piperidine rings is 1. The first kappa shape index (κ1) is 12.6. The highest BCUT2D eigenvalue weighted by Crippen LogP contribution is 2.30. The van der Waals surface area contributed by atoms with Crippen molar-refractivity contribution in [3.05, 3.63) is 35.9 Å². The highest BCUT2D eigenvalue weighted by molar-refractivity contribution is 5.15. The molecule has 1 saturated heterocycles. The molecule has 1 unspecified atom stereocenters. The Hall–Kier alpha value is -0.860. The zero-order valence-corrected chi connectivity index (χ0v) is 10.9. The summed E-state index contributed by atoms with van der Waals surface area (Å²) >= 11 is 0. The predicted octanol–water partition coefficient (Wildman–Crippen LogP) is 2.43. The molecule has 0 radical (unpaired) electrons. The maximum Gasteiger partial charge on any atom is 0.0331 e. The molecule has 1 fully saturated rings. The zero-order chi connectivity index (χ0) is 12.1. The lowest BCUT2D eigenvalue weighted by Gasteiger charge is -2.45. The number of nitrogens with two attached hydrogens (primary N) is 1. The summed E-state index contributed by atoms with van der Waals surface area (Å²) in [6.07, 6.45) is 6.24. The van der Waals surface area contributed by atoms with Crippen LogP contribution in [0.4, 0.5) is 0 Å². The Kier molecular flexibility index (Phi) is 4.19. The summed E-state index contributed by atoms with van der Waals surface area (Å²) in [6, 6.07) is 10.7. The first-order valence-corrected chi connectivity index (χ1v) is 6.72. The fraction of sp³-hybridized carbons (Fsp3) is 0.600. The maximum absolute atomic E-state index is 6.05. The van der Waals surface area contributed by atoms with Gasteiger partial charge in [0.1, 0.15) is 0 Å². The van der Waals surface area contributed by atoms with Crippen molar-refractivity contribution in [2.75, 3.05) is 20.1 Å². The van der Waals surface area contributed by atoms with E-state index in [0.717, 1.165) is 13.0 Å². The van der Waals surface area contributed by atoms with Gasteiger partial charge in [-0.1, -0.05) is 36.8 Å². The minimum atomic E-state index is 0.244. The van der Waals surface area contributed by atoms with E-state index in [9.17, 15) is 0 Å². The highest BCUT2D eigenvalue weighted by atomic mass is 15.2. The van der Waals surface area contributed by atoms with E-state index >= 15 is 0 Å². The third-order valence-corrected chi connectivity index (χ3v) is 4.30. The molecule has 94 valence electrons. The summed E-state index contributed by atoms with van der Waals surface area (Å²) < 4.78 is 0. The normalized spacial score (nSPS) is 26.0. The average Bonchev–Trinajstić information content (AvgIpc) is 2.39. The van der Waals surface area contributed by atoms with Crippen molar-refractivity contribution < 1.29 is 0 Å². The Balaban J connectivity index is 1.99. The molecule has 2 N–H and O–H groups in total. The minimum Gasteiger partial charge on any atom is -0.329 e. The average molecular weight is 232 g/mol. The summed E-state index contributed by atoms with van der Waals surface area (Å²) in [7, 11) is 2.23. The van der Waals surface area contributed by atoms with Gasteiger partial charge in [0.15, 0.2) is 0 Å². The Morgan fingerprint density at radius 3 is 2.65 bits per heavy atom. The van der Waals surface area contributed by atoms with Crippen LogP contribution in [0, 0.1) is 0 Å². The van der Waals surface area contributed by atoms with Crippen molar-refractivity contribution in [1.82, 2.24) is 4.90 Å². The molecule has 1 aliphatic heterocycles. The number of nitrogens with zero attached hydrogens (tertiary/aromatic N) is 1. The Morgan fingerprint density at radius 1 is 1.24 bits per heavy atom. The van der Waals surface area contributed by atoms with Crippen LogP contribution in [0.3, 0.4) is 0 Å². The van der Waals surface area contributed by atoms with E-state index in [4.69, 9.17) is 5.73 Å². The number of hydrogen-bond acceptors (Lipinski definition) is 2. The van der Waals surface area contributed by atoms with E-state index in [1.54, 1.807) is 0 Å². The van der Waals surface area contributed by atoms with Gasteiger partial charge in [-0.15, -0.1) is 0 Å². The van der Waals surface area contributed by atoms with E-state index in [1.165, 1.54) is 37.8 Å². The zero-order valence-electron chi connectivity index (χ0n) is 10.9. The fourth-order valence-electron chi connectivity index (χ4n) is 2.93. The molecule has 1 aromatic rings. The first-order valence-electron chi connectivity index (χ1n) is 6.72. The molecular weight excluding hydrogens is 208 g/mol. The van der Waals surface area contributed by atoms with Gasteiger partial charge in [0, 0.05) is 12.1 Å². The molecule has 1 atom stereocenters. The number of benzene rings is 1. The monoisotopic (exact) mass is 232 g/mol. The molecule has 0 spiro atoms. The summed E-state index contributed by atoms with van der Waals surface area (Å²) in [5.74, 6) is 0. The van der Waals surface area contributed by atoms with Crippen LogP contribution in [0.5, 0.6) is 0 Å². The number of likely N-dealkylation sites (N-methyl/N-ethyl adjacent to an activating group) is 1. The van der Waals surface area contributed by atoms with Crippen LogP contribution in [0.1, 0.15) is 31.2 Å². The van der Waals surface area contributed by atoms with E-state index in [2.05, 4.69) is 42.3 Å². The SMILES string of the molecule is CN1CCCCC1(CN)CCc1ccccc1. The third kappa shape index (κ3) is 2.88. The van der Waals surface area contributed by atoms with Gasteiger partial charge < -0.3 is 5.73 Å². The molecule has 0 saturated carbocycles. The van der Waals surface area contributed by atoms with Crippen LogP contribution in [0.25, 0.3) is 0 Å². The van der Waals surface area contributed by atoms with Gasteiger partial charge in [-0.25, -0.2) is 0 Å². The Morgan fingerprint density at radius 2 is 2.00 bits per heavy atom. The largest absolute Gasteiger partial charge is 0.329 e. The van der Waals surface area contributed by atoms with Gasteiger partial charge in [-0.05, 0) is 44.8 Å². The lowest BCUT2D eigenvalue weighted by molar-refractivity contribution is 0.0722. The van der Waals surface area contributed by atoms with Gasteiger partial charge >= 0.3 is 0 Å². The summed E-state index contributed by atoms with van der Waals surface area (Å²) in [4.78, 5) is 2.49. The van der Waals surface area contributed by atoms with Crippen LogP contribution in [0.2, 0.25) is 0 Å². The molecule has 2 rings (SSSR count). The lowest BCUT2D eigenvalue weighted by atomic mass is 9.82. The lowest BCUT2D eigenvalue weighted by Crippen LogP contribution is -2.54.